The Morgan fingerprint density at radius 2 is 0.810 bits per heavy atom. The topological polar surface area (TPSA) is 28.2 Å². The van der Waals surface area contributed by atoms with Crippen molar-refractivity contribution in [1.29, 1.82) is 0 Å². The molecule has 0 aromatic rings. The van der Waals surface area contributed by atoms with Gasteiger partial charge in [0.05, 0.1) is 0 Å². The van der Waals surface area contributed by atoms with Crippen molar-refractivity contribution in [2.24, 2.45) is 23.7 Å². The van der Waals surface area contributed by atoms with Crippen molar-refractivity contribution >= 4 is 37.7 Å². The summed E-state index contributed by atoms with van der Waals surface area (Å²) in [6.07, 6.45) is 2.76. The van der Waals surface area contributed by atoms with Gasteiger partial charge in [0.15, 0.2) is 0 Å². The number of nitrogens with zero attached hydrogens (tertiary/aromatic N) is 2. The first-order valence-corrected chi connectivity index (χ1v) is 18.6. The molecule has 0 radical (unpaired) electrons. The van der Waals surface area contributed by atoms with Crippen molar-refractivity contribution in [2.75, 3.05) is 26.2 Å². The first kappa shape index (κ1) is 22.8. The molecule has 21 heavy (non-hydrogen) atoms. The summed E-state index contributed by atoms with van der Waals surface area (Å²) in [5.74, 6) is 3.38. The summed E-state index contributed by atoms with van der Waals surface area (Å²) in [6.45, 7) is 13.5. The molecule has 2 fully saturated rings. The first-order chi connectivity index (χ1) is 9.58. The van der Waals surface area contributed by atoms with E-state index in [1.165, 1.54) is 12.8 Å². The Balaban J connectivity index is 0.000000296. The zero-order valence-corrected chi connectivity index (χ0v) is 18.6. The van der Waals surface area contributed by atoms with Gasteiger partial charge in [-0.25, -0.2) is 0 Å². The van der Waals surface area contributed by atoms with E-state index in [9.17, 15) is 0 Å². The fourth-order valence-electron chi connectivity index (χ4n) is 2.70. The van der Waals surface area contributed by atoms with Gasteiger partial charge in [0, 0.05) is 0 Å². The molecule has 4 unspecified atom stereocenters. The molecule has 2 aliphatic heterocycles. The number of halogens is 4. The summed E-state index contributed by atoms with van der Waals surface area (Å²) >= 11 is -3.06. The zero-order valence-electron chi connectivity index (χ0n) is 13.3. The van der Waals surface area contributed by atoms with Crippen LogP contribution in [0.25, 0.3) is 10.6 Å². The Bertz CT molecular complexity index is 222. The minimum absolute atomic E-state index is 0.846. The molecule has 0 aliphatic carbocycles. The fraction of sp³-hybridized carbons (Fsp3) is 1.00. The Hall–Kier alpha value is 1.77. The summed E-state index contributed by atoms with van der Waals surface area (Å²) in [4.78, 5) is 0. The average Bonchev–Trinajstić information content (AvgIpc) is 2.26. The molecular weight excluding hydrogens is 533 g/mol. The monoisotopic (exact) mass is 559 g/mol. The van der Waals surface area contributed by atoms with E-state index < -0.39 is 11.9 Å². The molecule has 0 bridgehead atoms. The van der Waals surface area contributed by atoms with Crippen LogP contribution in [0.3, 0.4) is 0 Å². The first-order valence-electron chi connectivity index (χ1n) is 7.32. The van der Waals surface area contributed by atoms with E-state index in [1.54, 1.807) is 0 Å². The Morgan fingerprint density at radius 3 is 0.905 bits per heavy atom. The average molecular weight is 561 g/mol. The fourth-order valence-corrected chi connectivity index (χ4v) is 2.70. The second-order valence-electron chi connectivity index (χ2n) is 6.34. The van der Waals surface area contributed by atoms with Crippen LogP contribution in [0.4, 0.5) is 0 Å². The third kappa shape index (κ3) is 18.0. The van der Waals surface area contributed by atoms with E-state index in [2.05, 4.69) is 38.3 Å². The van der Waals surface area contributed by atoms with Gasteiger partial charge in [-0.15, -0.1) is 26.2 Å². The van der Waals surface area contributed by atoms with Crippen molar-refractivity contribution in [3.63, 3.8) is 0 Å². The van der Waals surface area contributed by atoms with Crippen molar-refractivity contribution < 1.29 is 11.9 Å². The van der Waals surface area contributed by atoms with Crippen LogP contribution in [0.2, 0.25) is 0 Å². The van der Waals surface area contributed by atoms with E-state index in [0.29, 0.717) is 0 Å². The molecule has 2 aliphatic rings. The van der Waals surface area contributed by atoms with Gasteiger partial charge in [0.25, 0.3) is 0 Å². The Kier molecular flexibility index (Phi) is 13.2. The third-order valence-corrected chi connectivity index (χ3v) is 3.37. The zero-order chi connectivity index (χ0) is 16.5. The standard InChI is InChI=1S/2C7H14N.4ClH.Pt/c2*1-6-3-7(2)5-8-4-6;;;;;/h2*6-7H,3-5H2,1-2H3;4*1H;/q2*-1;;;;;+6/p-4. The molecule has 4 atom stereocenters. The van der Waals surface area contributed by atoms with Gasteiger partial charge in [-0.2, -0.15) is 0 Å². The van der Waals surface area contributed by atoms with Crippen LogP contribution in [0.1, 0.15) is 40.5 Å². The van der Waals surface area contributed by atoms with Crippen LogP contribution in [0.5, 0.6) is 0 Å². The molecule has 2 nitrogen and oxygen atoms in total. The Morgan fingerprint density at radius 1 is 0.619 bits per heavy atom. The molecule has 2 rings (SSSR count). The normalized spacial score (nSPS) is 33.9. The van der Waals surface area contributed by atoms with E-state index in [4.69, 9.17) is 37.7 Å². The maximum absolute atomic E-state index is 5.01. The number of hydrogen-bond acceptors (Lipinski definition) is 0. The quantitative estimate of drug-likeness (QED) is 0.311. The van der Waals surface area contributed by atoms with Crippen molar-refractivity contribution in [3.05, 3.63) is 10.6 Å². The molecule has 132 valence electrons. The van der Waals surface area contributed by atoms with Gasteiger partial charge < -0.3 is 10.6 Å². The molecule has 2 heterocycles. The van der Waals surface area contributed by atoms with Crippen molar-refractivity contribution in [3.8, 4) is 0 Å². The van der Waals surface area contributed by atoms with E-state index >= 15 is 0 Å². The van der Waals surface area contributed by atoms with Gasteiger partial charge >= 0.3 is 49.6 Å². The van der Waals surface area contributed by atoms with Gasteiger partial charge in [0.1, 0.15) is 0 Å². The predicted octanol–water partition coefficient (Wildman–Crippen LogP) is 6.83. The second kappa shape index (κ2) is 12.2. The van der Waals surface area contributed by atoms with Crippen LogP contribution < -0.4 is 0 Å². The summed E-state index contributed by atoms with van der Waals surface area (Å²) in [7, 11) is 20.0. The van der Waals surface area contributed by atoms with Crippen molar-refractivity contribution in [1.82, 2.24) is 0 Å². The molecule has 0 aromatic carbocycles. The third-order valence-electron chi connectivity index (χ3n) is 3.37. The van der Waals surface area contributed by atoms with Gasteiger partial charge in [-0.05, 0) is 0 Å². The molecule has 0 saturated carbocycles. The summed E-state index contributed by atoms with van der Waals surface area (Å²) in [5.41, 5.74) is 0. The SMILES string of the molecule is CC1C[N-]CC(C)C1.CC1C[N-]CC(C)C1.[Cl][Pt+2]([Cl])([Cl])[Cl]. The number of rotatable bonds is 0. The second-order valence-corrected chi connectivity index (χ2v) is 26.0. The van der Waals surface area contributed by atoms with Gasteiger partial charge in [-0.1, -0.05) is 64.2 Å². The molecule has 0 spiro atoms. The molecule has 7 heteroatoms. The minimum atomic E-state index is -3.06. The van der Waals surface area contributed by atoms with Crippen LogP contribution in [0.15, 0.2) is 0 Å². The Labute approximate surface area is 149 Å². The van der Waals surface area contributed by atoms with Crippen LogP contribution in [-0.4, -0.2) is 26.2 Å². The van der Waals surface area contributed by atoms with Crippen LogP contribution in [0, 0.1) is 23.7 Å². The summed E-state index contributed by atoms with van der Waals surface area (Å²) in [5, 5.41) is 8.68. The van der Waals surface area contributed by atoms with Crippen LogP contribution >= 0.6 is 37.7 Å². The molecule has 2 saturated heterocycles. The van der Waals surface area contributed by atoms with E-state index in [0.717, 1.165) is 49.9 Å². The molecule has 0 N–H and O–H groups in total. The van der Waals surface area contributed by atoms with E-state index in [-0.39, 0.29) is 0 Å². The summed E-state index contributed by atoms with van der Waals surface area (Å²) in [6, 6.07) is 0. The van der Waals surface area contributed by atoms with Crippen LogP contribution in [-0.2, 0) is 11.9 Å². The number of piperidine rings is 2. The molecular formula is C14H28Cl4N2Pt. The molecule has 0 amide bonds. The van der Waals surface area contributed by atoms with Gasteiger partial charge in [-0.3, -0.25) is 0 Å². The van der Waals surface area contributed by atoms with E-state index in [1.807, 2.05) is 0 Å². The predicted molar refractivity (Wildman–Crippen MR) is 95.5 cm³/mol. The maximum atomic E-state index is 5.01. The van der Waals surface area contributed by atoms with Crippen molar-refractivity contribution in [2.45, 2.75) is 40.5 Å². The molecule has 0 aromatic heterocycles. The number of hydrogen-bond donors (Lipinski definition) is 0. The van der Waals surface area contributed by atoms with Gasteiger partial charge in [0.2, 0.25) is 0 Å². The summed E-state index contributed by atoms with van der Waals surface area (Å²) < 4.78 is 0.